The number of fused-ring (bicyclic) bond motifs is 1. The van der Waals surface area contributed by atoms with E-state index in [4.69, 9.17) is 4.74 Å². The molecule has 0 bridgehead atoms. The van der Waals surface area contributed by atoms with Crippen molar-refractivity contribution >= 4 is 16.7 Å². The zero-order valence-corrected chi connectivity index (χ0v) is 11.6. The van der Waals surface area contributed by atoms with E-state index in [1.165, 1.54) is 0 Å². The van der Waals surface area contributed by atoms with Crippen molar-refractivity contribution in [3.8, 4) is 5.75 Å². The van der Waals surface area contributed by atoms with Crippen LogP contribution in [0.15, 0.2) is 48.0 Å². The van der Waals surface area contributed by atoms with Crippen molar-refractivity contribution in [2.75, 3.05) is 0 Å². The highest BCUT2D eigenvalue weighted by atomic mass is 16.5. The molecule has 0 aliphatic heterocycles. The van der Waals surface area contributed by atoms with Gasteiger partial charge >= 0.3 is 5.97 Å². The van der Waals surface area contributed by atoms with E-state index < -0.39 is 0 Å². The fourth-order valence-corrected chi connectivity index (χ4v) is 2.71. The minimum Gasteiger partial charge on any atom is -0.425 e. The molecule has 2 aromatic carbocycles. The number of ether oxygens (including phenoxy) is 1. The summed E-state index contributed by atoms with van der Waals surface area (Å²) in [6, 6.07) is 14.6. The van der Waals surface area contributed by atoms with Gasteiger partial charge in [0.1, 0.15) is 5.75 Å². The van der Waals surface area contributed by atoms with Gasteiger partial charge < -0.3 is 4.74 Å². The first-order valence-corrected chi connectivity index (χ1v) is 7.03. The molecule has 0 N–H and O–H groups in total. The Kier molecular flexibility index (Phi) is 3.55. The van der Waals surface area contributed by atoms with Crippen LogP contribution in [0.2, 0.25) is 0 Å². The zero-order chi connectivity index (χ0) is 13.9. The highest BCUT2D eigenvalue weighted by molar-refractivity contribution is 5.90. The number of carbonyl (C=O) groups excluding carboxylic acids is 1. The SMILES string of the molecule is CC1=CCCCC1C(=O)Oc1cccc2ccc[c]c12. The molecule has 1 aliphatic rings. The second kappa shape index (κ2) is 5.49. The van der Waals surface area contributed by atoms with Crippen molar-refractivity contribution in [2.45, 2.75) is 26.2 Å². The van der Waals surface area contributed by atoms with Gasteiger partial charge in [0, 0.05) is 5.39 Å². The van der Waals surface area contributed by atoms with Crippen LogP contribution in [0.3, 0.4) is 0 Å². The first-order valence-electron chi connectivity index (χ1n) is 7.03. The molecule has 1 atom stereocenters. The van der Waals surface area contributed by atoms with Crippen molar-refractivity contribution in [3.05, 3.63) is 54.1 Å². The number of hydrogen-bond acceptors (Lipinski definition) is 2. The van der Waals surface area contributed by atoms with E-state index in [2.05, 4.69) is 12.1 Å². The smallest absolute Gasteiger partial charge is 0.318 e. The lowest BCUT2D eigenvalue weighted by Gasteiger charge is -2.20. The average Bonchev–Trinajstić information content (AvgIpc) is 2.48. The van der Waals surface area contributed by atoms with Crippen LogP contribution < -0.4 is 4.74 Å². The molecule has 0 heterocycles. The molecule has 0 saturated carbocycles. The minimum absolute atomic E-state index is 0.0947. The van der Waals surface area contributed by atoms with E-state index in [9.17, 15) is 4.79 Å². The van der Waals surface area contributed by atoms with Crippen molar-refractivity contribution in [2.24, 2.45) is 5.92 Å². The van der Waals surface area contributed by atoms with Gasteiger partial charge in [-0.3, -0.25) is 4.79 Å². The summed E-state index contributed by atoms with van der Waals surface area (Å²) in [6.45, 7) is 2.01. The number of esters is 1. The lowest BCUT2D eigenvalue weighted by Crippen LogP contribution is -2.23. The molecule has 1 aliphatic carbocycles. The van der Waals surface area contributed by atoms with Gasteiger partial charge in [-0.15, -0.1) is 0 Å². The summed E-state index contributed by atoms with van der Waals surface area (Å²) >= 11 is 0. The van der Waals surface area contributed by atoms with Gasteiger partial charge in [0.05, 0.1) is 5.92 Å². The molecule has 0 fully saturated rings. The highest BCUT2D eigenvalue weighted by Gasteiger charge is 2.24. The first-order chi connectivity index (χ1) is 9.75. The molecule has 1 radical (unpaired) electrons. The second-order valence-corrected chi connectivity index (χ2v) is 5.24. The Bertz CT molecular complexity index is 665. The van der Waals surface area contributed by atoms with Gasteiger partial charge in [-0.2, -0.15) is 0 Å². The number of rotatable bonds is 2. The van der Waals surface area contributed by atoms with Crippen LogP contribution >= 0.6 is 0 Å². The standard InChI is InChI=1S/C18H17O2/c1-13-7-2-4-10-15(13)18(19)20-17-12-6-9-14-8-3-5-11-16(14)17/h3,5-9,12,15H,2,4,10H2,1H3. The third-order valence-electron chi connectivity index (χ3n) is 3.87. The molecule has 3 rings (SSSR count). The molecule has 20 heavy (non-hydrogen) atoms. The number of hydrogen-bond donors (Lipinski definition) is 0. The Morgan fingerprint density at radius 1 is 1.30 bits per heavy atom. The summed E-state index contributed by atoms with van der Waals surface area (Å²) < 4.78 is 5.63. The van der Waals surface area contributed by atoms with Crippen LogP contribution in [0.4, 0.5) is 0 Å². The van der Waals surface area contributed by atoms with E-state index in [0.29, 0.717) is 5.75 Å². The van der Waals surface area contributed by atoms with E-state index in [0.717, 1.165) is 35.6 Å². The largest absolute Gasteiger partial charge is 0.425 e. The minimum atomic E-state index is -0.150. The maximum Gasteiger partial charge on any atom is 0.318 e. The van der Waals surface area contributed by atoms with Crippen LogP contribution in [0.1, 0.15) is 26.2 Å². The van der Waals surface area contributed by atoms with Crippen LogP contribution in [0, 0.1) is 12.0 Å². The molecule has 0 saturated heterocycles. The molecule has 0 amide bonds. The van der Waals surface area contributed by atoms with Gasteiger partial charge in [0.15, 0.2) is 0 Å². The Balaban J connectivity index is 1.88. The Hall–Kier alpha value is -2.09. The zero-order valence-electron chi connectivity index (χ0n) is 11.6. The monoisotopic (exact) mass is 265 g/mol. The van der Waals surface area contributed by atoms with Crippen LogP contribution in [0.5, 0.6) is 5.75 Å². The first kappa shape index (κ1) is 12.9. The summed E-state index contributed by atoms with van der Waals surface area (Å²) in [5.41, 5.74) is 1.13. The lowest BCUT2D eigenvalue weighted by molar-refractivity contribution is -0.137. The topological polar surface area (TPSA) is 26.3 Å². The molecule has 2 nitrogen and oxygen atoms in total. The number of carbonyl (C=O) groups is 1. The second-order valence-electron chi connectivity index (χ2n) is 5.24. The molecule has 0 aromatic heterocycles. The summed E-state index contributed by atoms with van der Waals surface area (Å²) in [5, 5.41) is 1.90. The third kappa shape index (κ3) is 2.46. The maximum absolute atomic E-state index is 12.3. The summed E-state index contributed by atoms with van der Waals surface area (Å²) in [6.07, 6.45) is 5.15. The predicted molar refractivity (Wildman–Crippen MR) is 79.5 cm³/mol. The number of benzene rings is 2. The molecule has 2 aromatic rings. The van der Waals surface area contributed by atoms with E-state index in [1.807, 2.05) is 43.3 Å². The molecule has 101 valence electrons. The van der Waals surface area contributed by atoms with Crippen LogP contribution in [0.25, 0.3) is 10.8 Å². The van der Waals surface area contributed by atoms with Gasteiger partial charge in [0.2, 0.25) is 0 Å². The summed E-state index contributed by atoms with van der Waals surface area (Å²) in [4.78, 5) is 12.3. The van der Waals surface area contributed by atoms with Gasteiger partial charge in [-0.25, -0.2) is 0 Å². The highest BCUT2D eigenvalue weighted by Crippen LogP contribution is 2.29. The fourth-order valence-electron chi connectivity index (χ4n) is 2.71. The van der Waals surface area contributed by atoms with Crippen molar-refractivity contribution < 1.29 is 9.53 Å². The van der Waals surface area contributed by atoms with Crippen molar-refractivity contribution in [1.82, 2.24) is 0 Å². The quantitative estimate of drug-likeness (QED) is 0.460. The summed E-state index contributed by atoms with van der Waals surface area (Å²) in [5.74, 6) is 0.359. The third-order valence-corrected chi connectivity index (χ3v) is 3.87. The summed E-state index contributed by atoms with van der Waals surface area (Å²) in [7, 11) is 0. The van der Waals surface area contributed by atoms with Gasteiger partial charge in [0.25, 0.3) is 0 Å². The Morgan fingerprint density at radius 2 is 2.15 bits per heavy atom. The van der Waals surface area contributed by atoms with E-state index in [1.54, 1.807) is 0 Å². The fraction of sp³-hybridized carbons (Fsp3) is 0.278. The normalized spacial score (nSPS) is 18.6. The van der Waals surface area contributed by atoms with Gasteiger partial charge in [-0.1, -0.05) is 42.0 Å². The molecule has 0 spiro atoms. The van der Waals surface area contributed by atoms with E-state index >= 15 is 0 Å². The van der Waals surface area contributed by atoms with E-state index in [-0.39, 0.29) is 11.9 Å². The Morgan fingerprint density at radius 3 is 3.00 bits per heavy atom. The average molecular weight is 265 g/mol. The van der Waals surface area contributed by atoms with Crippen LogP contribution in [-0.4, -0.2) is 5.97 Å². The number of allylic oxidation sites excluding steroid dienone is 1. The lowest BCUT2D eigenvalue weighted by atomic mass is 9.89. The predicted octanol–water partition coefficient (Wildman–Crippen LogP) is 4.29. The molecule has 2 heteroatoms. The van der Waals surface area contributed by atoms with Crippen molar-refractivity contribution in [1.29, 1.82) is 0 Å². The molecular formula is C18H17O2. The van der Waals surface area contributed by atoms with Crippen molar-refractivity contribution in [3.63, 3.8) is 0 Å². The maximum atomic E-state index is 12.3. The van der Waals surface area contributed by atoms with Gasteiger partial charge in [-0.05, 0) is 43.7 Å². The van der Waals surface area contributed by atoms with Crippen LogP contribution in [-0.2, 0) is 4.79 Å². The molecular weight excluding hydrogens is 248 g/mol. The Labute approximate surface area is 119 Å². The molecule has 1 unspecified atom stereocenters.